The highest BCUT2D eigenvalue weighted by Crippen LogP contribution is 2.48. The molecule has 0 spiro atoms. The maximum Gasteiger partial charge on any atom is 0.314 e. The summed E-state index contributed by atoms with van der Waals surface area (Å²) in [6.45, 7) is 4.79. The third-order valence-corrected chi connectivity index (χ3v) is 5.32. The number of likely N-dealkylation sites (tertiary alicyclic amines) is 1. The summed E-state index contributed by atoms with van der Waals surface area (Å²) in [5.74, 6) is 0.594. The Bertz CT molecular complexity index is 666. The first-order valence-corrected chi connectivity index (χ1v) is 9.38. The van der Waals surface area contributed by atoms with Crippen LogP contribution in [-0.2, 0) is 5.41 Å². The Labute approximate surface area is 154 Å². The zero-order valence-corrected chi connectivity index (χ0v) is 15.3. The van der Waals surface area contributed by atoms with Gasteiger partial charge in [0.2, 0.25) is 0 Å². The molecule has 1 aromatic carbocycles. The molecule has 2 amide bonds. The quantitative estimate of drug-likeness (QED) is 0.554. The van der Waals surface area contributed by atoms with Crippen molar-refractivity contribution in [3.63, 3.8) is 0 Å². The smallest absolute Gasteiger partial charge is 0.314 e. The maximum atomic E-state index is 13.5. The summed E-state index contributed by atoms with van der Waals surface area (Å²) in [5, 5.41) is 6.75. The van der Waals surface area contributed by atoms with Crippen molar-refractivity contribution in [2.24, 2.45) is 10.7 Å². The average molecular weight is 361 g/mol. The number of amides is 2. The van der Waals surface area contributed by atoms with E-state index in [1.165, 1.54) is 6.07 Å². The highest BCUT2D eigenvalue weighted by atomic mass is 19.1. The zero-order chi connectivity index (χ0) is 18.6. The van der Waals surface area contributed by atoms with Gasteiger partial charge >= 0.3 is 6.03 Å². The van der Waals surface area contributed by atoms with Crippen LogP contribution in [0.4, 0.5) is 9.18 Å². The SMILES string of the molecule is CCNC(=NCC1(c2cccc(F)c2)CC1)NC1CCN(C(N)=O)CC1. The second kappa shape index (κ2) is 7.93. The second-order valence-corrected chi connectivity index (χ2v) is 7.23. The number of nitrogens with two attached hydrogens (primary N) is 1. The number of benzene rings is 1. The fraction of sp³-hybridized carbons (Fsp3) is 0.579. The molecular formula is C19H28FN5O. The molecule has 0 unspecified atom stereocenters. The molecule has 0 atom stereocenters. The summed E-state index contributed by atoms with van der Waals surface area (Å²) in [5.41, 5.74) is 6.34. The molecule has 1 heterocycles. The molecule has 1 aliphatic heterocycles. The summed E-state index contributed by atoms with van der Waals surface area (Å²) in [6, 6.07) is 6.79. The predicted molar refractivity (Wildman–Crippen MR) is 101 cm³/mol. The molecule has 4 N–H and O–H groups in total. The number of nitrogens with one attached hydrogen (secondary N) is 2. The van der Waals surface area contributed by atoms with Crippen molar-refractivity contribution in [3.8, 4) is 0 Å². The number of nitrogens with zero attached hydrogens (tertiary/aromatic N) is 2. The Morgan fingerprint density at radius 1 is 1.38 bits per heavy atom. The van der Waals surface area contributed by atoms with E-state index in [0.717, 1.165) is 43.8 Å². The highest BCUT2D eigenvalue weighted by molar-refractivity contribution is 5.80. The summed E-state index contributed by atoms with van der Waals surface area (Å²) >= 11 is 0. The van der Waals surface area contributed by atoms with Gasteiger partial charge in [0, 0.05) is 31.1 Å². The Balaban J connectivity index is 1.60. The van der Waals surface area contributed by atoms with Gasteiger partial charge in [0.25, 0.3) is 0 Å². The van der Waals surface area contributed by atoms with Gasteiger partial charge in [0.15, 0.2) is 5.96 Å². The molecule has 1 aliphatic carbocycles. The van der Waals surface area contributed by atoms with E-state index >= 15 is 0 Å². The van der Waals surface area contributed by atoms with Crippen LogP contribution in [0.3, 0.4) is 0 Å². The first kappa shape index (κ1) is 18.5. The lowest BCUT2D eigenvalue weighted by molar-refractivity contribution is 0.188. The predicted octanol–water partition coefficient (Wildman–Crippen LogP) is 1.96. The number of aliphatic imine (C=N–C) groups is 1. The van der Waals surface area contributed by atoms with E-state index in [2.05, 4.69) is 10.6 Å². The van der Waals surface area contributed by atoms with Crippen LogP contribution in [0.2, 0.25) is 0 Å². The summed E-state index contributed by atoms with van der Waals surface area (Å²) < 4.78 is 13.5. The number of rotatable bonds is 5. The molecule has 1 saturated heterocycles. The van der Waals surface area contributed by atoms with Crippen LogP contribution in [-0.4, -0.2) is 49.1 Å². The number of piperidine rings is 1. The third kappa shape index (κ3) is 4.45. The van der Waals surface area contributed by atoms with Gasteiger partial charge in [-0.1, -0.05) is 12.1 Å². The lowest BCUT2D eigenvalue weighted by Gasteiger charge is -2.32. The van der Waals surface area contributed by atoms with Crippen LogP contribution in [0.5, 0.6) is 0 Å². The number of urea groups is 1. The zero-order valence-electron chi connectivity index (χ0n) is 15.3. The molecule has 1 aromatic rings. The number of hydrogen-bond donors (Lipinski definition) is 3. The lowest BCUT2D eigenvalue weighted by Crippen LogP contribution is -2.50. The van der Waals surface area contributed by atoms with E-state index in [1.807, 2.05) is 13.0 Å². The molecule has 0 radical (unpaired) electrons. The minimum Gasteiger partial charge on any atom is -0.357 e. The molecule has 142 valence electrons. The Kier molecular flexibility index (Phi) is 5.64. The van der Waals surface area contributed by atoms with Gasteiger partial charge in [0.1, 0.15) is 5.82 Å². The molecule has 3 rings (SSSR count). The van der Waals surface area contributed by atoms with Crippen LogP contribution in [0, 0.1) is 5.82 Å². The highest BCUT2D eigenvalue weighted by Gasteiger charge is 2.44. The van der Waals surface area contributed by atoms with E-state index in [9.17, 15) is 9.18 Å². The summed E-state index contributed by atoms with van der Waals surface area (Å²) in [4.78, 5) is 17.7. The monoisotopic (exact) mass is 361 g/mol. The molecule has 0 aromatic heterocycles. The molecule has 2 fully saturated rings. The van der Waals surface area contributed by atoms with Crippen molar-refractivity contribution < 1.29 is 9.18 Å². The van der Waals surface area contributed by atoms with Gasteiger partial charge in [-0.15, -0.1) is 0 Å². The van der Waals surface area contributed by atoms with Crippen molar-refractivity contribution >= 4 is 12.0 Å². The van der Waals surface area contributed by atoms with Gasteiger partial charge in [0.05, 0.1) is 6.54 Å². The lowest BCUT2D eigenvalue weighted by atomic mass is 9.96. The number of carbonyl (C=O) groups is 1. The van der Waals surface area contributed by atoms with Gasteiger partial charge in [-0.3, -0.25) is 4.99 Å². The normalized spacial score (nSPS) is 19.9. The fourth-order valence-corrected chi connectivity index (χ4v) is 3.50. The van der Waals surface area contributed by atoms with Crippen molar-refractivity contribution in [3.05, 3.63) is 35.6 Å². The van der Waals surface area contributed by atoms with Crippen molar-refractivity contribution in [2.75, 3.05) is 26.2 Å². The van der Waals surface area contributed by atoms with Gasteiger partial charge in [-0.25, -0.2) is 9.18 Å². The van der Waals surface area contributed by atoms with Crippen molar-refractivity contribution in [2.45, 2.75) is 44.1 Å². The van der Waals surface area contributed by atoms with Gasteiger partial charge in [-0.2, -0.15) is 0 Å². The first-order valence-electron chi connectivity index (χ1n) is 9.38. The van der Waals surface area contributed by atoms with Crippen LogP contribution in [0.1, 0.15) is 38.2 Å². The molecular weight excluding hydrogens is 333 g/mol. The number of guanidine groups is 1. The van der Waals surface area contributed by atoms with Crippen LogP contribution < -0.4 is 16.4 Å². The second-order valence-electron chi connectivity index (χ2n) is 7.23. The number of carbonyl (C=O) groups excluding carboxylic acids is 1. The van der Waals surface area contributed by atoms with Crippen LogP contribution in [0.15, 0.2) is 29.3 Å². The minimum atomic E-state index is -0.352. The maximum absolute atomic E-state index is 13.5. The topological polar surface area (TPSA) is 82.8 Å². The first-order chi connectivity index (χ1) is 12.5. The van der Waals surface area contributed by atoms with E-state index in [1.54, 1.807) is 17.0 Å². The fourth-order valence-electron chi connectivity index (χ4n) is 3.50. The minimum absolute atomic E-state index is 0.0280. The molecule has 1 saturated carbocycles. The average Bonchev–Trinajstić information content (AvgIpc) is 3.42. The summed E-state index contributed by atoms with van der Waals surface area (Å²) in [7, 11) is 0. The largest absolute Gasteiger partial charge is 0.357 e. The van der Waals surface area contributed by atoms with Gasteiger partial charge < -0.3 is 21.3 Å². The third-order valence-electron chi connectivity index (χ3n) is 5.32. The molecule has 6 nitrogen and oxygen atoms in total. The Hall–Kier alpha value is -2.31. The van der Waals surface area contributed by atoms with E-state index in [4.69, 9.17) is 10.7 Å². The number of hydrogen-bond acceptors (Lipinski definition) is 2. The van der Waals surface area contributed by atoms with Crippen molar-refractivity contribution in [1.82, 2.24) is 15.5 Å². The Morgan fingerprint density at radius 3 is 2.69 bits per heavy atom. The molecule has 7 heteroatoms. The number of primary amides is 1. The molecule has 26 heavy (non-hydrogen) atoms. The summed E-state index contributed by atoms with van der Waals surface area (Å²) in [6.07, 6.45) is 3.78. The molecule has 0 bridgehead atoms. The Morgan fingerprint density at radius 2 is 2.12 bits per heavy atom. The van der Waals surface area contributed by atoms with E-state index in [-0.39, 0.29) is 23.3 Å². The standard InChI is InChI=1S/C19H28FN5O/c1-2-22-18(24-16-6-10-25(11-7-16)17(21)26)23-13-19(8-9-19)14-4-3-5-15(20)12-14/h3-5,12,16H,2,6-11,13H2,1H3,(H2,21,26)(H2,22,23,24). The van der Waals surface area contributed by atoms with Gasteiger partial charge in [-0.05, 0) is 50.3 Å². The van der Waals surface area contributed by atoms with Crippen LogP contribution >= 0.6 is 0 Å². The van der Waals surface area contributed by atoms with Crippen LogP contribution in [0.25, 0.3) is 0 Å². The molecule has 2 aliphatic rings. The van der Waals surface area contributed by atoms with Crippen molar-refractivity contribution in [1.29, 1.82) is 0 Å². The van der Waals surface area contributed by atoms with E-state index < -0.39 is 0 Å². The van der Waals surface area contributed by atoms with E-state index in [0.29, 0.717) is 19.6 Å². The number of halogens is 1.